The van der Waals surface area contributed by atoms with Gasteiger partial charge in [0.2, 0.25) is 0 Å². The molecule has 1 amide bonds. The summed E-state index contributed by atoms with van der Waals surface area (Å²) in [7, 11) is 0. The van der Waals surface area contributed by atoms with Crippen molar-refractivity contribution in [3.63, 3.8) is 0 Å². The SMILES string of the molecule is O=C(COc1ccc(Cl)cc1Cl)N/N=C1/CCOc2ccccc21. The third kappa shape index (κ3) is 3.99. The number of amides is 1. The highest BCUT2D eigenvalue weighted by atomic mass is 35.5. The maximum absolute atomic E-state index is 11.9. The number of nitrogens with one attached hydrogen (secondary N) is 1. The zero-order valence-corrected chi connectivity index (χ0v) is 14.1. The van der Waals surface area contributed by atoms with E-state index < -0.39 is 0 Å². The first kappa shape index (κ1) is 16.6. The van der Waals surface area contributed by atoms with Gasteiger partial charge in [-0.3, -0.25) is 4.79 Å². The molecule has 124 valence electrons. The average Bonchev–Trinajstić information content (AvgIpc) is 2.59. The van der Waals surface area contributed by atoms with E-state index in [2.05, 4.69) is 10.5 Å². The molecule has 5 nitrogen and oxygen atoms in total. The minimum atomic E-state index is -0.377. The summed E-state index contributed by atoms with van der Waals surface area (Å²) < 4.78 is 10.9. The molecule has 0 saturated carbocycles. The number of para-hydroxylation sites is 1. The lowest BCUT2D eigenvalue weighted by Crippen LogP contribution is -2.27. The molecule has 0 radical (unpaired) electrons. The van der Waals surface area contributed by atoms with Crippen molar-refractivity contribution in [1.29, 1.82) is 0 Å². The van der Waals surface area contributed by atoms with Crippen LogP contribution in [0.2, 0.25) is 10.0 Å². The predicted molar refractivity (Wildman–Crippen MR) is 93.2 cm³/mol. The summed E-state index contributed by atoms with van der Waals surface area (Å²) in [5, 5.41) is 5.02. The van der Waals surface area contributed by atoms with Crippen LogP contribution in [0.4, 0.5) is 0 Å². The molecular formula is C17H14Cl2N2O3. The molecule has 7 heteroatoms. The number of fused-ring (bicyclic) bond motifs is 1. The van der Waals surface area contributed by atoms with Crippen molar-refractivity contribution in [1.82, 2.24) is 5.43 Å². The maximum atomic E-state index is 11.9. The summed E-state index contributed by atoms with van der Waals surface area (Å²) >= 11 is 11.8. The molecule has 2 aromatic carbocycles. The fourth-order valence-electron chi connectivity index (χ4n) is 2.24. The van der Waals surface area contributed by atoms with Crippen molar-refractivity contribution in [3.8, 4) is 11.5 Å². The lowest BCUT2D eigenvalue weighted by molar-refractivity contribution is -0.123. The highest BCUT2D eigenvalue weighted by Crippen LogP contribution is 2.27. The van der Waals surface area contributed by atoms with Crippen LogP contribution in [0.3, 0.4) is 0 Å². The molecule has 0 atom stereocenters. The van der Waals surface area contributed by atoms with E-state index >= 15 is 0 Å². The molecule has 1 heterocycles. The lowest BCUT2D eigenvalue weighted by atomic mass is 10.0. The monoisotopic (exact) mass is 364 g/mol. The Labute approximate surface area is 149 Å². The van der Waals surface area contributed by atoms with E-state index in [1.807, 2.05) is 24.3 Å². The quantitative estimate of drug-likeness (QED) is 0.841. The van der Waals surface area contributed by atoms with Crippen LogP contribution in [0.15, 0.2) is 47.6 Å². The first-order valence-electron chi connectivity index (χ1n) is 7.29. The van der Waals surface area contributed by atoms with Gasteiger partial charge in [0.25, 0.3) is 5.91 Å². The normalized spacial score (nSPS) is 14.7. The third-order valence-corrected chi connectivity index (χ3v) is 3.89. The van der Waals surface area contributed by atoms with Gasteiger partial charge in [-0.15, -0.1) is 0 Å². The Bertz CT molecular complexity index is 793. The molecule has 1 aliphatic rings. The molecular weight excluding hydrogens is 351 g/mol. The van der Waals surface area contributed by atoms with Gasteiger partial charge in [0.1, 0.15) is 11.5 Å². The van der Waals surface area contributed by atoms with Crippen LogP contribution in [0.5, 0.6) is 11.5 Å². The van der Waals surface area contributed by atoms with Crippen LogP contribution in [-0.2, 0) is 4.79 Å². The Kier molecular flexibility index (Phi) is 5.23. The minimum Gasteiger partial charge on any atom is -0.492 e. The Morgan fingerprint density at radius 3 is 2.92 bits per heavy atom. The van der Waals surface area contributed by atoms with Gasteiger partial charge in [-0.2, -0.15) is 5.10 Å². The maximum Gasteiger partial charge on any atom is 0.277 e. The molecule has 0 aliphatic carbocycles. The van der Waals surface area contributed by atoms with E-state index in [-0.39, 0.29) is 12.5 Å². The average molecular weight is 365 g/mol. The first-order valence-corrected chi connectivity index (χ1v) is 8.04. The molecule has 1 N–H and O–H groups in total. The second-order valence-corrected chi connectivity index (χ2v) is 5.90. The molecule has 0 aromatic heterocycles. The Balaban J connectivity index is 1.60. The zero-order valence-electron chi connectivity index (χ0n) is 12.6. The molecule has 0 saturated heterocycles. The molecule has 0 unspecified atom stereocenters. The molecule has 0 fully saturated rings. The van der Waals surface area contributed by atoms with Gasteiger partial charge in [-0.05, 0) is 30.3 Å². The van der Waals surface area contributed by atoms with Crippen molar-refractivity contribution >= 4 is 34.8 Å². The number of nitrogens with zero attached hydrogens (tertiary/aromatic N) is 1. The number of carbonyl (C=O) groups is 1. The fraction of sp³-hybridized carbons (Fsp3) is 0.176. The molecule has 0 bridgehead atoms. The van der Waals surface area contributed by atoms with Gasteiger partial charge in [0.05, 0.1) is 17.3 Å². The first-order chi connectivity index (χ1) is 11.6. The van der Waals surface area contributed by atoms with E-state index in [0.717, 1.165) is 17.0 Å². The smallest absolute Gasteiger partial charge is 0.277 e. The van der Waals surface area contributed by atoms with Crippen LogP contribution in [0.1, 0.15) is 12.0 Å². The number of hydrogen-bond acceptors (Lipinski definition) is 4. The zero-order chi connectivity index (χ0) is 16.9. The van der Waals surface area contributed by atoms with E-state index in [4.69, 9.17) is 32.7 Å². The standard InChI is InChI=1S/C17H14Cl2N2O3/c18-11-5-6-16(13(19)9-11)24-10-17(22)21-20-14-7-8-23-15-4-2-1-3-12(14)15/h1-6,9H,7-8,10H2,(H,21,22)/b20-14-. The number of rotatable bonds is 4. The van der Waals surface area contributed by atoms with Gasteiger partial charge in [0, 0.05) is 17.0 Å². The van der Waals surface area contributed by atoms with E-state index in [1.54, 1.807) is 18.2 Å². The highest BCUT2D eigenvalue weighted by molar-refractivity contribution is 6.35. The van der Waals surface area contributed by atoms with Crippen molar-refractivity contribution in [2.24, 2.45) is 5.10 Å². The summed E-state index contributed by atoms with van der Waals surface area (Å²) in [5.41, 5.74) is 4.15. The van der Waals surface area contributed by atoms with E-state index in [0.29, 0.717) is 28.8 Å². The van der Waals surface area contributed by atoms with Crippen molar-refractivity contribution in [2.45, 2.75) is 6.42 Å². The Hall–Kier alpha value is -2.24. The van der Waals surface area contributed by atoms with Gasteiger partial charge >= 0.3 is 0 Å². The summed E-state index contributed by atoms with van der Waals surface area (Å²) in [6.45, 7) is 0.332. The molecule has 1 aliphatic heterocycles. The summed E-state index contributed by atoms with van der Waals surface area (Å²) in [4.78, 5) is 11.9. The number of carbonyl (C=O) groups excluding carboxylic acids is 1. The van der Waals surface area contributed by atoms with Gasteiger partial charge in [-0.25, -0.2) is 5.43 Å². The number of ether oxygens (including phenoxy) is 2. The van der Waals surface area contributed by atoms with Gasteiger partial charge < -0.3 is 9.47 Å². The molecule has 3 rings (SSSR count). The van der Waals surface area contributed by atoms with E-state index in [9.17, 15) is 4.79 Å². The van der Waals surface area contributed by atoms with E-state index in [1.165, 1.54) is 0 Å². The number of hydrogen-bond donors (Lipinski definition) is 1. The van der Waals surface area contributed by atoms with Crippen molar-refractivity contribution in [3.05, 3.63) is 58.1 Å². The largest absolute Gasteiger partial charge is 0.492 e. The van der Waals surface area contributed by atoms with Crippen LogP contribution in [-0.4, -0.2) is 24.8 Å². The molecule has 24 heavy (non-hydrogen) atoms. The minimum absolute atomic E-state index is 0.198. The molecule has 2 aromatic rings. The second kappa shape index (κ2) is 7.55. The van der Waals surface area contributed by atoms with Crippen LogP contribution in [0.25, 0.3) is 0 Å². The topological polar surface area (TPSA) is 59.9 Å². The second-order valence-electron chi connectivity index (χ2n) is 5.05. The predicted octanol–water partition coefficient (Wildman–Crippen LogP) is 3.68. The number of halogens is 2. The summed E-state index contributed by atoms with van der Waals surface area (Å²) in [5.74, 6) is 0.777. The van der Waals surface area contributed by atoms with Crippen molar-refractivity contribution in [2.75, 3.05) is 13.2 Å². The molecule has 0 spiro atoms. The highest BCUT2D eigenvalue weighted by Gasteiger charge is 2.16. The van der Waals surface area contributed by atoms with Crippen LogP contribution in [0, 0.1) is 0 Å². The number of hydrazone groups is 1. The number of benzene rings is 2. The lowest BCUT2D eigenvalue weighted by Gasteiger charge is -2.18. The summed E-state index contributed by atoms with van der Waals surface area (Å²) in [6.07, 6.45) is 0.626. The van der Waals surface area contributed by atoms with Gasteiger partial charge in [-0.1, -0.05) is 35.3 Å². The van der Waals surface area contributed by atoms with Crippen molar-refractivity contribution < 1.29 is 14.3 Å². The fourth-order valence-corrected chi connectivity index (χ4v) is 2.70. The summed E-state index contributed by atoms with van der Waals surface area (Å²) in [6, 6.07) is 12.4. The van der Waals surface area contributed by atoms with Gasteiger partial charge in [0.15, 0.2) is 6.61 Å². The Morgan fingerprint density at radius 1 is 1.25 bits per heavy atom. The Morgan fingerprint density at radius 2 is 2.08 bits per heavy atom. The third-order valence-electron chi connectivity index (χ3n) is 3.36. The van der Waals surface area contributed by atoms with Crippen LogP contribution < -0.4 is 14.9 Å². The van der Waals surface area contributed by atoms with Crippen LogP contribution >= 0.6 is 23.2 Å².